The first-order valence-corrected chi connectivity index (χ1v) is 8.34. The summed E-state index contributed by atoms with van der Waals surface area (Å²) in [5.74, 6) is -1.70. The SMILES string of the molecule is Cc1cccnc1CNC(=O)c1c(N)nc(-c2ccco2)nc1OCC(F)(F)F. The smallest absolute Gasteiger partial charge is 0.422 e. The Hall–Kier alpha value is -3.63. The molecule has 0 unspecified atom stereocenters. The zero-order valence-electron chi connectivity index (χ0n) is 15.2. The van der Waals surface area contributed by atoms with Crippen LogP contribution in [0.2, 0.25) is 0 Å². The molecule has 0 aliphatic carbocycles. The first-order chi connectivity index (χ1) is 13.7. The van der Waals surface area contributed by atoms with Gasteiger partial charge in [-0.3, -0.25) is 9.78 Å². The van der Waals surface area contributed by atoms with E-state index >= 15 is 0 Å². The lowest BCUT2D eigenvalue weighted by Crippen LogP contribution is -2.28. The number of pyridine rings is 1. The molecule has 11 heteroatoms. The van der Waals surface area contributed by atoms with E-state index in [9.17, 15) is 18.0 Å². The Labute approximate surface area is 162 Å². The number of nitrogen functional groups attached to an aromatic ring is 1. The van der Waals surface area contributed by atoms with Crippen LogP contribution in [0.25, 0.3) is 11.6 Å². The Morgan fingerprint density at radius 2 is 2.07 bits per heavy atom. The number of anilines is 1. The third-order valence-corrected chi connectivity index (χ3v) is 3.78. The predicted molar refractivity (Wildman–Crippen MR) is 95.8 cm³/mol. The molecule has 1 amide bonds. The number of halogens is 3. The summed E-state index contributed by atoms with van der Waals surface area (Å²) < 4.78 is 47.8. The van der Waals surface area contributed by atoms with Gasteiger partial charge in [0.25, 0.3) is 5.91 Å². The maximum atomic E-state index is 12.6. The Morgan fingerprint density at radius 1 is 1.28 bits per heavy atom. The number of aromatic nitrogens is 3. The van der Waals surface area contributed by atoms with Gasteiger partial charge in [-0.25, -0.2) is 4.98 Å². The van der Waals surface area contributed by atoms with Crippen molar-refractivity contribution in [2.75, 3.05) is 12.3 Å². The van der Waals surface area contributed by atoms with Crippen molar-refractivity contribution in [3.8, 4) is 17.5 Å². The molecule has 0 spiro atoms. The van der Waals surface area contributed by atoms with Crippen molar-refractivity contribution < 1.29 is 27.1 Å². The highest BCUT2D eigenvalue weighted by Crippen LogP contribution is 2.28. The van der Waals surface area contributed by atoms with Crippen LogP contribution in [-0.4, -0.2) is 33.6 Å². The number of aryl methyl sites for hydroxylation is 1. The van der Waals surface area contributed by atoms with E-state index in [-0.39, 0.29) is 23.9 Å². The molecule has 0 saturated heterocycles. The zero-order valence-corrected chi connectivity index (χ0v) is 15.2. The van der Waals surface area contributed by atoms with E-state index in [1.54, 1.807) is 18.3 Å². The van der Waals surface area contributed by atoms with Crippen LogP contribution in [0.3, 0.4) is 0 Å². The fourth-order valence-electron chi connectivity index (χ4n) is 2.40. The average Bonchev–Trinajstić information content (AvgIpc) is 3.19. The summed E-state index contributed by atoms with van der Waals surface area (Å²) in [6.07, 6.45) is -1.74. The number of carbonyl (C=O) groups excluding carboxylic acids is 1. The Kier molecular flexibility index (Phi) is 5.66. The van der Waals surface area contributed by atoms with Crippen LogP contribution in [0, 0.1) is 6.92 Å². The van der Waals surface area contributed by atoms with Crippen LogP contribution in [-0.2, 0) is 6.54 Å². The number of carbonyl (C=O) groups is 1. The Bertz CT molecular complexity index is 1010. The van der Waals surface area contributed by atoms with Gasteiger partial charge < -0.3 is 20.2 Å². The van der Waals surface area contributed by atoms with E-state index < -0.39 is 30.1 Å². The van der Waals surface area contributed by atoms with Gasteiger partial charge in [0.1, 0.15) is 11.4 Å². The first-order valence-electron chi connectivity index (χ1n) is 8.34. The van der Waals surface area contributed by atoms with Crippen molar-refractivity contribution in [2.24, 2.45) is 0 Å². The van der Waals surface area contributed by atoms with Crippen LogP contribution in [0.4, 0.5) is 19.0 Å². The molecule has 0 saturated carbocycles. The predicted octanol–water partition coefficient (Wildman–Crippen LogP) is 2.89. The molecule has 3 heterocycles. The van der Waals surface area contributed by atoms with E-state index in [0.29, 0.717) is 5.69 Å². The van der Waals surface area contributed by atoms with E-state index in [1.807, 2.05) is 13.0 Å². The molecule has 0 radical (unpaired) electrons. The van der Waals surface area contributed by atoms with Gasteiger partial charge >= 0.3 is 6.18 Å². The van der Waals surface area contributed by atoms with Gasteiger partial charge in [-0.05, 0) is 30.7 Å². The molecule has 3 aromatic heterocycles. The number of nitrogens with zero attached hydrogens (tertiary/aromatic N) is 3. The summed E-state index contributed by atoms with van der Waals surface area (Å²) in [4.78, 5) is 24.6. The number of rotatable bonds is 6. The van der Waals surface area contributed by atoms with Gasteiger partial charge in [0, 0.05) is 6.20 Å². The second-order valence-electron chi connectivity index (χ2n) is 5.94. The molecule has 3 rings (SSSR count). The zero-order chi connectivity index (χ0) is 21.0. The normalized spacial score (nSPS) is 11.3. The number of nitrogens with one attached hydrogen (secondary N) is 1. The number of amides is 1. The maximum Gasteiger partial charge on any atom is 0.422 e. The van der Waals surface area contributed by atoms with Crippen molar-refractivity contribution in [2.45, 2.75) is 19.6 Å². The number of hydrogen-bond donors (Lipinski definition) is 2. The highest BCUT2D eigenvalue weighted by molar-refractivity contribution is 6.00. The molecule has 3 aromatic rings. The van der Waals surface area contributed by atoms with Crippen LogP contribution < -0.4 is 15.8 Å². The van der Waals surface area contributed by atoms with Crippen molar-refractivity contribution >= 4 is 11.7 Å². The molecule has 0 aromatic carbocycles. The fraction of sp³-hybridized carbons (Fsp3) is 0.222. The molecule has 29 heavy (non-hydrogen) atoms. The van der Waals surface area contributed by atoms with Gasteiger partial charge in [-0.1, -0.05) is 6.07 Å². The Balaban J connectivity index is 1.90. The third kappa shape index (κ3) is 5.00. The minimum absolute atomic E-state index is 0.0313. The second-order valence-corrected chi connectivity index (χ2v) is 5.94. The minimum Gasteiger partial charge on any atom is -0.467 e. The topological polar surface area (TPSA) is 116 Å². The van der Waals surface area contributed by atoms with Crippen LogP contribution in [0.5, 0.6) is 5.88 Å². The number of nitrogens with two attached hydrogens (primary N) is 1. The van der Waals surface area contributed by atoms with Crippen LogP contribution in [0.1, 0.15) is 21.6 Å². The molecule has 8 nitrogen and oxygen atoms in total. The number of ether oxygens (including phenoxy) is 1. The van der Waals surface area contributed by atoms with Crippen LogP contribution in [0.15, 0.2) is 41.1 Å². The van der Waals surface area contributed by atoms with Gasteiger partial charge in [0.05, 0.1) is 18.5 Å². The van der Waals surface area contributed by atoms with Gasteiger partial charge in [-0.2, -0.15) is 18.2 Å². The van der Waals surface area contributed by atoms with Crippen LogP contribution >= 0.6 is 0 Å². The highest BCUT2D eigenvalue weighted by Gasteiger charge is 2.31. The van der Waals surface area contributed by atoms with Gasteiger partial charge in [-0.15, -0.1) is 0 Å². The lowest BCUT2D eigenvalue weighted by Gasteiger charge is -2.14. The summed E-state index contributed by atoms with van der Waals surface area (Å²) in [6.45, 7) is 0.187. The van der Waals surface area contributed by atoms with Crippen molar-refractivity contribution in [3.63, 3.8) is 0 Å². The molecular weight excluding hydrogens is 391 g/mol. The second kappa shape index (κ2) is 8.17. The Morgan fingerprint density at radius 3 is 2.72 bits per heavy atom. The summed E-state index contributed by atoms with van der Waals surface area (Å²) in [6, 6.07) is 6.58. The molecule has 152 valence electrons. The van der Waals surface area contributed by atoms with Crippen molar-refractivity contribution in [1.82, 2.24) is 20.3 Å². The lowest BCUT2D eigenvalue weighted by molar-refractivity contribution is -0.154. The maximum absolute atomic E-state index is 12.6. The van der Waals surface area contributed by atoms with E-state index in [4.69, 9.17) is 14.9 Å². The first kappa shape index (κ1) is 20.1. The van der Waals surface area contributed by atoms with Crippen molar-refractivity contribution in [1.29, 1.82) is 0 Å². The summed E-state index contributed by atoms with van der Waals surface area (Å²) in [5.41, 5.74) is 6.85. The number of hydrogen-bond acceptors (Lipinski definition) is 7. The number of alkyl halides is 3. The van der Waals surface area contributed by atoms with E-state index in [2.05, 4.69) is 20.3 Å². The van der Waals surface area contributed by atoms with Gasteiger partial charge in [0.15, 0.2) is 12.4 Å². The fourth-order valence-corrected chi connectivity index (χ4v) is 2.40. The standard InChI is InChI=1S/C18H16F3N5O3/c1-10-4-2-6-23-11(10)8-24-16(27)13-14(22)25-15(12-5-3-7-28-12)26-17(13)29-9-18(19,20)21/h2-7H,8-9H2,1H3,(H,24,27)(H2,22,25,26). The molecule has 0 atom stereocenters. The summed E-state index contributed by atoms with van der Waals surface area (Å²) >= 11 is 0. The highest BCUT2D eigenvalue weighted by atomic mass is 19.4. The lowest BCUT2D eigenvalue weighted by atomic mass is 10.2. The van der Waals surface area contributed by atoms with E-state index in [1.165, 1.54) is 12.3 Å². The molecule has 3 N–H and O–H groups in total. The van der Waals surface area contributed by atoms with E-state index in [0.717, 1.165) is 5.56 Å². The molecule has 0 bridgehead atoms. The van der Waals surface area contributed by atoms with Crippen molar-refractivity contribution in [3.05, 3.63) is 53.5 Å². The molecule has 0 aliphatic heterocycles. The monoisotopic (exact) mass is 407 g/mol. The average molecular weight is 407 g/mol. The summed E-state index contributed by atoms with van der Waals surface area (Å²) in [5, 5.41) is 2.54. The quantitative estimate of drug-likeness (QED) is 0.645. The van der Waals surface area contributed by atoms with Gasteiger partial charge in [0.2, 0.25) is 11.7 Å². The summed E-state index contributed by atoms with van der Waals surface area (Å²) in [7, 11) is 0. The molecule has 0 aliphatic rings. The minimum atomic E-state index is -4.64. The molecule has 0 fully saturated rings. The molecular formula is C18H16F3N5O3. The number of furan rings is 1. The largest absolute Gasteiger partial charge is 0.467 e. The third-order valence-electron chi connectivity index (χ3n) is 3.78.